The maximum Gasteiger partial charge on any atom is 0.254 e. The monoisotopic (exact) mass is 415 g/mol. The second-order valence-corrected chi connectivity index (χ2v) is 7.70. The summed E-state index contributed by atoms with van der Waals surface area (Å²) in [7, 11) is 2.08. The van der Waals surface area contributed by atoms with Crippen molar-refractivity contribution in [1.29, 1.82) is 0 Å². The number of ether oxygens (including phenoxy) is 1. The van der Waals surface area contributed by atoms with E-state index in [9.17, 15) is 9.59 Å². The highest BCUT2D eigenvalue weighted by atomic mass is 16.5. The van der Waals surface area contributed by atoms with Gasteiger partial charge in [-0.2, -0.15) is 0 Å². The van der Waals surface area contributed by atoms with Gasteiger partial charge in [0.1, 0.15) is 11.5 Å². The number of primary amides is 1. The Morgan fingerprint density at radius 1 is 0.839 bits per heavy atom. The highest BCUT2D eigenvalue weighted by Gasteiger charge is 2.30. The number of nitrogens with two attached hydrogens (primary N) is 1. The third-order valence-corrected chi connectivity index (χ3v) is 5.50. The predicted octanol–water partition coefficient (Wildman–Crippen LogP) is 3.71. The maximum atomic E-state index is 13.3. The summed E-state index contributed by atoms with van der Waals surface area (Å²) in [6.07, 6.45) is 0. The lowest BCUT2D eigenvalue weighted by Gasteiger charge is -2.40. The van der Waals surface area contributed by atoms with Crippen molar-refractivity contribution in [1.82, 2.24) is 9.80 Å². The van der Waals surface area contributed by atoms with Crippen LogP contribution in [0.1, 0.15) is 32.3 Å². The van der Waals surface area contributed by atoms with E-state index in [2.05, 4.69) is 24.1 Å². The van der Waals surface area contributed by atoms with E-state index >= 15 is 0 Å². The smallest absolute Gasteiger partial charge is 0.254 e. The molecule has 2 amide bonds. The number of rotatable bonds is 5. The van der Waals surface area contributed by atoms with Gasteiger partial charge in [-0.1, -0.05) is 30.3 Å². The molecule has 1 aliphatic rings. The van der Waals surface area contributed by atoms with Crippen molar-refractivity contribution in [3.8, 4) is 11.5 Å². The number of piperazine rings is 1. The molecule has 1 saturated heterocycles. The normalized spacial score (nSPS) is 16.7. The molecule has 1 heterocycles. The van der Waals surface area contributed by atoms with E-state index in [1.54, 1.807) is 48.5 Å². The van der Waals surface area contributed by atoms with Crippen LogP contribution >= 0.6 is 0 Å². The van der Waals surface area contributed by atoms with Gasteiger partial charge < -0.3 is 20.3 Å². The lowest BCUT2D eigenvalue weighted by atomic mass is 10.0. The molecule has 31 heavy (non-hydrogen) atoms. The van der Waals surface area contributed by atoms with Crippen LogP contribution in [0.2, 0.25) is 0 Å². The third-order valence-electron chi connectivity index (χ3n) is 5.50. The molecular formula is C25H25N3O3. The third kappa shape index (κ3) is 4.75. The van der Waals surface area contributed by atoms with Gasteiger partial charge in [-0.25, -0.2) is 0 Å². The van der Waals surface area contributed by atoms with Crippen LogP contribution in [0, 0.1) is 0 Å². The zero-order valence-corrected chi connectivity index (χ0v) is 17.4. The van der Waals surface area contributed by atoms with Crippen LogP contribution in [0.15, 0.2) is 78.9 Å². The first-order valence-electron chi connectivity index (χ1n) is 10.2. The minimum atomic E-state index is -0.480. The van der Waals surface area contributed by atoms with Gasteiger partial charge in [0, 0.05) is 30.8 Å². The second-order valence-electron chi connectivity index (χ2n) is 7.70. The summed E-state index contributed by atoms with van der Waals surface area (Å²) in [4.78, 5) is 28.7. The van der Waals surface area contributed by atoms with E-state index in [0.29, 0.717) is 29.2 Å². The van der Waals surface area contributed by atoms with Crippen molar-refractivity contribution in [2.75, 3.05) is 26.7 Å². The first-order valence-corrected chi connectivity index (χ1v) is 10.2. The molecule has 0 radical (unpaired) electrons. The molecule has 4 rings (SSSR count). The number of likely N-dealkylation sites (N-methyl/N-ethyl adjacent to an activating group) is 1. The zero-order valence-electron chi connectivity index (χ0n) is 17.4. The van der Waals surface area contributed by atoms with Gasteiger partial charge in [0.2, 0.25) is 5.91 Å². The largest absolute Gasteiger partial charge is 0.457 e. The Labute approximate surface area is 181 Å². The van der Waals surface area contributed by atoms with E-state index in [1.165, 1.54) is 0 Å². The maximum absolute atomic E-state index is 13.3. The fourth-order valence-corrected chi connectivity index (χ4v) is 3.78. The Hall–Kier alpha value is -3.64. The van der Waals surface area contributed by atoms with Crippen molar-refractivity contribution >= 4 is 11.8 Å². The molecule has 6 nitrogen and oxygen atoms in total. The molecule has 6 heteroatoms. The molecule has 0 bridgehead atoms. The van der Waals surface area contributed by atoms with Gasteiger partial charge in [-0.05, 0) is 61.1 Å². The molecule has 0 saturated carbocycles. The van der Waals surface area contributed by atoms with Crippen molar-refractivity contribution in [2.24, 2.45) is 5.73 Å². The standard InChI is InChI=1S/C25H25N3O3/c1-27-15-16-28(23(17-27)18-5-3-2-4-6-18)25(30)20-9-13-22(14-10-20)31-21-11-7-19(8-12-21)24(26)29/h2-14,23H,15-17H2,1H3,(H2,26,29). The summed E-state index contributed by atoms with van der Waals surface area (Å²) in [5.74, 6) is 0.736. The molecule has 0 spiro atoms. The van der Waals surface area contributed by atoms with Crippen molar-refractivity contribution in [2.45, 2.75) is 6.04 Å². The molecule has 3 aromatic rings. The van der Waals surface area contributed by atoms with Crippen LogP contribution in [0.25, 0.3) is 0 Å². The minimum Gasteiger partial charge on any atom is -0.457 e. The number of amides is 2. The number of carbonyl (C=O) groups excluding carboxylic acids is 2. The summed E-state index contributed by atoms with van der Waals surface area (Å²) in [6.45, 7) is 2.33. The predicted molar refractivity (Wildman–Crippen MR) is 119 cm³/mol. The quantitative estimate of drug-likeness (QED) is 0.689. The first-order chi connectivity index (χ1) is 15.0. The van der Waals surface area contributed by atoms with Crippen LogP contribution in [-0.4, -0.2) is 48.3 Å². The van der Waals surface area contributed by atoms with E-state index in [1.807, 2.05) is 23.1 Å². The SMILES string of the molecule is CN1CCN(C(=O)c2ccc(Oc3ccc(C(N)=O)cc3)cc2)C(c2ccccc2)C1. The molecule has 0 aromatic heterocycles. The second kappa shape index (κ2) is 9.02. The van der Waals surface area contributed by atoms with Gasteiger partial charge in [-0.3, -0.25) is 9.59 Å². The average molecular weight is 415 g/mol. The van der Waals surface area contributed by atoms with Gasteiger partial charge >= 0.3 is 0 Å². The van der Waals surface area contributed by atoms with Crippen LogP contribution in [0.5, 0.6) is 11.5 Å². The van der Waals surface area contributed by atoms with Crippen molar-refractivity contribution in [3.63, 3.8) is 0 Å². The molecule has 1 fully saturated rings. The minimum absolute atomic E-state index is 0.0133. The van der Waals surface area contributed by atoms with Crippen LogP contribution in [0.4, 0.5) is 0 Å². The Bertz CT molecular complexity index is 1050. The van der Waals surface area contributed by atoms with Crippen LogP contribution in [0.3, 0.4) is 0 Å². The summed E-state index contributed by atoms with van der Waals surface area (Å²) < 4.78 is 5.81. The van der Waals surface area contributed by atoms with E-state index in [0.717, 1.165) is 18.7 Å². The molecule has 3 aromatic carbocycles. The topological polar surface area (TPSA) is 75.9 Å². The van der Waals surface area contributed by atoms with E-state index < -0.39 is 5.91 Å². The summed E-state index contributed by atoms with van der Waals surface area (Å²) in [6, 6.07) is 23.9. The molecule has 2 N–H and O–H groups in total. The Kier molecular flexibility index (Phi) is 6.00. The highest BCUT2D eigenvalue weighted by molar-refractivity contribution is 5.95. The Balaban J connectivity index is 1.48. The highest BCUT2D eigenvalue weighted by Crippen LogP contribution is 2.28. The van der Waals surface area contributed by atoms with Crippen molar-refractivity contribution in [3.05, 3.63) is 95.6 Å². The van der Waals surface area contributed by atoms with Crippen LogP contribution in [-0.2, 0) is 0 Å². The molecule has 158 valence electrons. The first kappa shape index (κ1) is 20.6. The molecule has 1 atom stereocenters. The molecule has 1 unspecified atom stereocenters. The van der Waals surface area contributed by atoms with Gasteiger partial charge in [0.15, 0.2) is 0 Å². The number of benzene rings is 3. The number of carbonyl (C=O) groups is 2. The fraction of sp³-hybridized carbons (Fsp3) is 0.200. The number of nitrogens with zero attached hydrogens (tertiary/aromatic N) is 2. The lowest BCUT2D eigenvalue weighted by Crippen LogP contribution is -2.49. The van der Waals surface area contributed by atoms with Gasteiger partial charge in [-0.15, -0.1) is 0 Å². The van der Waals surface area contributed by atoms with E-state index in [4.69, 9.17) is 10.5 Å². The lowest BCUT2D eigenvalue weighted by molar-refractivity contribution is 0.0498. The number of hydrogen-bond donors (Lipinski definition) is 1. The molecular weight excluding hydrogens is 390 g/mol. The summed E-state index contributed by atoms with van der Waals surface area (Å²) >= 11 is 0. The van der Waals surface area contributed by atoms with Crippen LogP contribution < -0.4 is 10.5 Å². The van der Waals surface area contributed by atoms with Gasteiger partial charge in [0.25, 0.3) is 5.91 Å². The Morgan fingerprint density at radius 3 is 2.00 bits per heavy atom. The Morgan fingerprint density at radius 2 is 1.42 bits per heavy atom. The fourth-order valence-electron chi connectivity index (χ4n) is 3.78. The molecule has 0 aliphatic carbocycles. The van der Waals surface area contributed by atoms with Gasteiger partial charge in [0.05, 0.1) is 6.04 Å². The van der Waals surface area contributed by atoms with Crippen molar-refractivity contribution < 1.29 is 14.3 Å². The van der Waals surface area contributed by atoms with E-state index in [-0.39, 0.29) is 11.9 Å². The zero-order chi connectivity index (χ0) is 21.8. The number of hydrogen-bond acceptors (Lipinski definition) is 4. The summed E-state index contributed by atoms with van der Waals surface area (Å²) in [5, 5.41) is 0. The average Bonchev–Trinajstić information content (AvgIpc) is 2.80. The molecule has 1 aliphatic heterocycles. The summed E-state index contributed by atoms with van der Waals surface area (Å²) in [5.41, 5.74) is 7.45.